The van der Waals surface area contributed by atoms with E-state index in [0.717, 1.165) is 21.2 Å². The fourth-order valence-corrected chi connectivity index (χ4v) is 4.20. The standard InChI is InChI=1S/C20H19N3O3S/c1-23-15-6-4-5-7-16(15)27-17-10-13(11-21)14(12-22)20(19(17)23)26-9-8-18(24-2)25-3/h4-7,10,18H,8-9H2,1-3H3. The van der Waals surface area contributed by atoms with E-state index in [9.17, 15) is 10.5 Å². The monoisotopic (exact) mass is 381 g/mol. The first kappa shape index (κ1) is 19.1. The molecule has 0 amide bonds. The first-order valence-electron chi connectivity index (χ1n) is 8.34. The van der Waals surface area contributed by atoms with Crippen LogP contribution in [0.5, 0.6) is 5.75 Å². The Bertz CT molecular complexity index is 929. The highest BCUT2D eigenvalue weighted by Gasteiger charge is 2.28. The molecule has 138 valence electrons. The Balaban J connectivity index is 2.04. The summed E-state index contributed by atoms with van der Waals surface area (Å²) < 4.78 is 16.4. The zero-order valence-corrected chi connectivity index (χ0v) is 16.2. The van der Waals surface area contributed by atoms with Gasteiger partial charge >= 0.3 is 0 Å². The Hall–Kier alpha value is -2.71. The number of nitrogens with zero attached hydrogens (tertiary/aromatic N) is 3. The molecule has 0 atom stereocenters. The molecule has 7 heteroatoms. The number of methoxy groups -OCH3 is 2. The van der Waals surface area contributed by atoms with Crippen LogP contribution in [-0.4, -0.2) is 34.2 Å². The molecule has 0 aliphatic carbocycles. The van der Waals surface area contributed by atoms with Crippen LogP contribution in [0, 0.1) is 22.7 Å². The number of rotatable bonds is 6. The Morgan fingerprint density at radius 3 is 2.52 bits per heavy atom. The van der Waals surface area contributed by atoms with Crippen LogP contribution in [0.25, 0.3) is 0 Å². The third kappa shape index (κ3) is 3.58. The normalized spacial score (nSPS) is 12.1. The van der Waals surface area contributed by atoms with Gasteiger partial charge in [0, 0.05) is 37.5 Å². The first-order valence-corrected chi connectivity index (χ1v) is 9.16. The molecule has 1 aliphatic rings. The summed E-state index contributed by atoms with van der Waals surface area (Å²) in [5, 5.41) is 19.2. The zero-order chi connectivity index (χ0) is 19.4. The van der Waals surface area contributed by atoms with Gasteiger partial charge in [-0.15, -0.1) is 0 Å². The van der Waals surface area contributed by atoms with E-state index in [1.807, 2.05) is 36.2 Å². The highest BCUT2D eigenvalue weighted by atomic mass is 32.2. The summed E-state index contributed by atoms with van der Waals surface area (Å²) in [5.74, 6) is 0.419. The minimum atomic E-state index is -0.390. The summed E-state index contributed by atoms with van der Waals surface area (Å²) in [5.41, 5.74) is 2.37. The van der Waals surface area contributed by atoms with Crippen LogP contribution in [-0.2, 0) is 9.47 Å². The van der Waals surface area contributed by atoms with Gasteiger partial charge in [-0.05, 0) is 18.2 Å². The largest absolute Gasteiger partial charge is 0.490 e. The molecule has 0 unspecified atom stereocenters. The van der Waals surface area contributed by atoms with Gasteiger partial charge in [0.1, 0.15) is 17.7 Å². The summed E-state index contributed by atoms with van der Waals surface area (Å²) in [6, 6.07) is 14.0. The smallest absolute Gasteiger partial charge is 0.163 e. The number of hydrogen-bond donors (Lipinski definition) is 0. The minimum Gasteiger partial charge on any atom is -0.490 e. The lowest BCUT2D eigenvalue weighted by molar-refractivity contribution is -0.110. The summed E-state index contributed by atoms with van der Waals surface area (Å²) in [4.78, 5) is 3.98. The van der Waals surface area contributed by atoms with Crippen molar-refractivity contribution in [3.05, 3.63) is 41.5 Å². The van der Waals surface area contributed by atoms with E-state index in [4.69, 9.17) is 14.2 Å². The van der Waals surface area contributed by atoms with E-state index in [2.05, 4.69) is 12.1 Å². The van der Waals surface area contributed by atoms with Crippen LogP contribution in [0.2, 0.25) is 0 Å². The van der Waals surface area contributed by atoms with Crippen LogP contribution in [0.15, 0.2) is 40.1 Å². The van der Waals surface area contributed by atoms with Crippen LogP contribution in [0.3, 0.4) is 0 Å². The maximum Gasteiger partial charge on any atom is 0.163 e. The topological polar surface area (TPSA) is 78.5 Å². The van der Waals surface area contributed by atoms with E-state index >= 15 is 0 Å². The van der Waals surface area contributed by atoms with Crippen molar-refractivity contribution in [3.8, 4) is 17.9 Å². The number of para-hydroxylation sites is 1. The van der Waals surface area contributed by atoms with Crippen molar-refractivity contribution in [2.24, 2.45) is 0 Å². The quantitative estimate of drug-likeness (QED) is 0.698. The summed E-state index contributed by atoms with van der Waals surface area (Å²) in [7, 11) is 5.06. The van der Waals surface area contributed by atoms with Crippen LogP contribution < -0.4 is 9.64 Å². The van der Waals surface area contributed by atoms with Crippen molar-refractivity contribution < 1.29 is 14.2 Å². The van der Waals surface area contributed by atoms with E-state index in [1.54, 1.807) is 32.0 Å². The second kappa shape index (κ2) is 8.32. The molecule has 3 rings (SSSR count). The maximum atomic E-state index is 9.66. The summed E-state index contributed by atoms with van der Waals surface area (Å²) in [6.45, 7) is 0.294. The number of benzene rings is 2. The summed E-state index contributed by atoms with van der Waals surface area (Å²) in [6.07, 6.45) is 0.106. The minimum absolute atomic E-state index is 0.245. The lowest BCUT2D eigenvalue weighted by Gasteiger charge is -2.31. The molecule has 27 heavy (non-hydrogen) atoms. The Morgan fingerprint density at radius 2 is 1.85 bits per heavy atom. The second-order valence-corrected chi connectivity index (χ2v) is 6.95. The molecule has 0 radical (unpaired) electrons. The maximum absolute atomic E-state index is 9.66. The fraction of sp³-hybridized carbons (Fsp3) is 0.300. The number of hydrogen-bond acceptors (Lipinski definition) is 7. The van der Waals surface area contributed by atoms with E-state index in [1.165, 1.54) is 0 Å². The highest BCUT2D eigenvalue weighted by Crippen LogP contribution is 2.52. The van der Waals surface area contributed by atoms with Crippen LogP contribution >= 0.6 is 11.8 Å². The van der Waals surface area contributed by atoms with E-state index in [-0.39, 0.29) is 5.56 Å². The van der Waals surface area contributed by atoms with Crippen molar-refractivity contribution >= 4 is 23.1 Å². The van der Waals surface area contributed by atoms with Gasteiger partial charge in [-0.3, -0.25) is 0 Å². The second-order valence-electron chi connectivity index (χ2n) is 5.87. The molecule has 0 bridgehead atoms. The highest BCUT2D eigenvalue weighted by molar-refractivity contribution is 7.99. The van der Waals surface area contributed by atoms with Crippen molar-refractivity contribution in [1.82, 2.24) is 0 Å². The van der Waals surface area contributed by atoms with Gasteiger partial charge in [0.2, 0.25) is 0 Å². The molecule has 6 nitrogen and oxygen atoms in total. The number of fused-ring (bicyclic) bond motifs is 2. The third-order valence-electron chi connectivity index (χ3n) is 4.36. The lowest BCUT2D eigenvalue weighted by atomic mass is 10.1. The zero-order valence-electron chi connectivity index (χ0n) is 15.4. The van der Waals surface area contributed by atoms with Crippen molar-refractivity contribution in [3.63, 3.8) is 0 Å². The SMILES string of the molecule is COC(CCOc1c(C#N)c(C#N)cc2c1N(C)c1ccccc1S2)OC. The molecular weight excluding hydrogens is 362 g/mol. The Labute approximate surface area is 162 Å². The van der Waals surface area contributed by atoms with Gasteiger partial charge in [0.25, 0.3) is 0 Å². The van der Waals surface area contributed by atoms with E-state index in [0.29, 0.717) is 24.3 Å². The van der Waals surface area contributed by atoms with Crippen molar-refractivity contribution in [2.45, 2.75) is 22.5 Å². The molecule has 1 aliphatic heterocycles. The van der Waals surface area contributed by atoms with Crippen LogP contribution in [0.4, 0.5) is 11.4 Å². The van der Waals surface area contributed by atoms with Gasteiger partial charge < -0.3 is 19.1 Å². The third-order valence-corrected chi connectivity index (χ3v) is 5.46. The number of nitriles is 2. The van der Waals surface area contributed by atoms with Gasteiger partial charge in [-0.1, -0.05) is 23.9 Å². The average molecular weight is 381 g/mol. The molecule has 2 aromatic rings. The van der Waals surface area contributed by atoms with Gasteiger partial charge in [-0.2, -0.15) is 10.5 Å². The molecule has 0 saturated heterocycles. The summed E-state index contributed by atoms with van der Waals surface area (Å²) >= 11 is 1.57. The van der Waals surface area contributed by atoms with Crippen LogP contribution in [0.1, 0.15) is 17.5 Å². The molecule has 0 N–H and O–H groups in total. The average Bonchev–Trinajstić information content (AvgIpc) is 2.70. The lowest BCUT2D eigenvalue weighted by Crippen LogP contribution is -2.20. The Kier molecular flexibility index (Phi) is 5.88. The van der Waals surface area contributed by atoms with E-state index < -0.39 is 6.29 Å². The fourth-order valence-electron chi connectivity index (χ4n) is 3.01. The number of anilines is 2. The molecule has 0 aromatic heterocycles. The molecule has 1 heterocycles. The Morgan fingerprint density at radius 1 is 1.11 bits per heavy atom. The number of ether oxygens (including phenoxy) is 3. The van der Waals surface area contributed by atoms with Gasteiger partial charge in [-0.25, -0.2) is 0 Å². The van der Waals surface area contributed by atoms with Crippen molar-refractivity contribution in [1.29, 1.82) is 10.5 Å². The van der Waals surface area contributed by atoms with Gasteiger partial charge in [0.05, 0.1) is 23.5 Å². The van der Waals surface area contributed by atoms with Crippen molar-refractivity contribution in [2.75, 3.05) is 32.8 Å². The first-order chi connectivity index (χ1) is 13.1. The van der Waals surface area contributed by atoms with Gasteiger partial charge in [0.15, 0.2) is 12.0 Å². The molecule has 2 aromatic carbocycles. The molecule has 0 fully saturated rings. The molecule has 0 saturated carbocycles. The molecule has 0 spiro atoms. The predicted octanol–water partition coefficient (Wildman–Crippen LogP) is 4.05. The predicted molar refractivity (Wildman–Crippen MR) is 102 cm³/mol. The molecular formula is C20H19N3O3S.